The summed E-state index contributed by atoms with van der Waals surface area (Å²) in [5.41, 5.74) is 2.90. The Labute approximate surface area is 184 Å². The number of amides is 1. The minimum atomic E-state index is -0.0390. The van der Waals surface area contributed by atoms with Crippen LogP contribution in [0, 0.1) is 0 Å². The first-order valence-corrected chi connectivity index (χ1v) is 10.9. The lowest BCUT2D eigenvalue weighted by atomic mass is 10.1. The van der Waals surface area contributed by atoms with E-state index in [1.807, 2.05) is 50.2 Å². The van der Waals surface area contributed by atoms with E-state index in [0.29, 0.717) is 12.1 Å². The van der Waals surface area contributed by atoms with Gasteiger partial charge in [0.05, 0.1) is 6.54 Å². The normalized spacial score (nSPS) is 13.6. The number of nitrogens with zero attached hydrogens (tertiary/aromatic N) is 1. The summed E-state index contributed by atoms with van der Waals surface area (Å²) < 4.78 is 10.8. The molecule has 1 unspecified atom stereocenters. The van der Waals surface area contributed by atoms with Gasteiger partial charge in [-0.05, 0) is 62.1 Å². The lowest BCUT2D eigenvalue weighted by Gasteiger charge is -2.12. The minimum Gasteiger partial charge on any atom is -0.454 e. The number of hydrogen-bond acceptors (Lipinski definition) is 4. The summed E-state index contributed by atoms with van der Waals surface area (Å²) in [6.45, 7) is 8.45. The van der Waals surface area contributed by atoms with Gasteiger partial charge in [0.15, 0.2) is 17.5 Å². The van der Waals surface area contributed by atoms with Crippen LogP contribution in [0.4, 0.5) is 0 Å². The Morgan fingerprint density at radius 2 is 1.77 bits per heavy atom. The van der Waals surface area contributed by atoms with E-state index < -0.39 is 0 Å². The molecule has 2 aromatic carbocycles. The zero-order valence-electron chi connectivity index (χ0n) is 18.5. The fourth-order valence-corrected chi connectivity index (χ4v) is 3.10. The second-order valence-electron chi connectivity index (χ2n) is 7.54. The van der Waals surface area contributed by atoms with Crippen LogP contribution in [0.5, 0.6) is 11.5 Å². The van der Waals surface area contributed by atoms with E-state index in [1.54, 1.807) is 0 Å². The Bertz CT molecular complexity index is 896. The molecule has 0 radical (unpaired) electrons. The SMILES string of the molecule is CCNC(=NCc1ccc(C(=O)NC(C)CC)cc1)NCCc1ccc2c(c1)OCO2. The maximum Gasteiger partial charge on any atom is 0.251 e. The van der Waals surface area contributed by atoms with Crippen LogP contribution in [-0.2, 0) is 13.0 Å². The standard InChI is InChI=1S/C24H32N4O3/c1-4-17(3)28-23(29)20-9-6-19(7-10-20)15-27-24(25-5-2)26-13-12-18-8-11-21-22(14-18)31-16-30-21/h6-11,14,17H,4-5,12-13,15-16H2,1-3H3,(H,28,29)(H2,25,26,27). The molecule has 2 aromatic rings. The van der Waals surface area contributed by atoms with Crippen molar-refractivity contribution in [2.45, 2.75) is 46.2 Å². The van der Waals surface area contributed by atoms with Gasteiger partial charge in [0.25, 0.3) is 5.91 Å². The van der Waals surface area contributed by atoms with Crippen molar-refractivity contribution in [1.82, 2.24) is 16.0 Å². The molecule has 3 N–H and O–H groups in total. The minimum absolute atomic E-state index is 0.0390. The van der Waals surface area contributed by atoms with Crippen molar-refractivity contribution in [1.29, 1.82) is 0 Å². The van der Waals surface area contributed by atoms with Gasteiger partial charge < -0.3 is 25.4 Å². The summed E-state index contributed by atoms with van der Waals surface area (Å²) in [6.07, 6.45) is 1.76. The number of rotatable bonds is 9. The first kappa shape index (κ1) is 22.5. The van der Waals surface area contributed by atoms with Gasteiger partial charge in [-0.2, -0.15) is 0 Å². The smallest absolute Gasteiger partial charge is 0.251 e. The fourth-order valence-electron chi connectivity index (χ4n) is 3.10. The molecule has 7 heteroatoms. The van der Waals surface area contributed by atoms with Crippen molar-refractivity contribution in [3.8, 4) is 11.5 Å². The summed E-state index contributed by atoms with van der Waals surface area (Å²) in [6, 6.07) is 13.8. The summed E-state index contributed by atoms with van der Waals surface area (Å²) in [5, 5.41) is 9.62. The van der Waals surface area contributed by atoms with Crippen molar-refractivity contribution in [3.63, 3.8) is 0 Å². The lowest BCUT2D eigenvalue weighted by Crippen LogP contribution is -2.38. The van der Waals surface area contributed by atoms with Crippen LogP contribution < -0.4 is 25.4 Å². The van der Waals surface area contributed by atoms with Gasteiger partial charge in [-0.3, -0.25) is 4.79 Å². The number of fused-ring (bicyclic) bond motifs is 1. The van der Waals surface area contributed by atoms with Gasteiger partial charge in [0, 0.05) is 24.7 Å². The highest BCUT2D eigenvalue weighted by atomic mass is 16.7. The largest absolute Gasteiger partial charge is 0.454 e. The molecule has 166 valence electrons. The molecule has 0 aliphatic carbocycles. The summed E-state index contributed by atoms with van der Waals surface area (Å²) in [5.74, 6) is 2.33. The van der Waals surface area contributed by atoms with Crippen LogP contribution in [0.15, 0.2) is 47.5 Å². The Morgan fingerprint density at radius 3 is 2.52 bits per heavy atom. The van der Waals surface area contributed by atoms with E-state index in [-0.39, 0.29) is 18.7 Å². The Balaban J connectivity index is 1.51. The van der Waals surface area contributed by atoms with Gasteiger partial charge in [0.2, 0.25) is 6.79 Å². The van der Waals surface area contributed by atoms with Crippen LogP contribution >= 0.6 is 0 Å². The number of carbonyl (C=O) groups is 1. The second-order valence-corrected chi connectivity index (χ2v) is 7.54. The molecule has 7 nitrogen and oxygen atoms in total. The molecule has 0 spiro atoms. The average Bonchev–Trinajstić information content (AvgIpc) is 3.25. The Morgan fingerprint density at radius 1 is 1.03 bits per heavy atom. The Kier molecular flexibility index (Phi) is 8.15. The summed E-state index contributed by atoms with van der Waals surface area (Å²) >= 11 is 0. The molecule has 31 heavy (non-hydrogen) atoms. The van der Waals surface area contributed by atoms with Crippen molar-refractivity contribution in [3.05, 3.63) is 59.2 Å². The molecule has 0 saturated carbocycles. The number of aliphatic imine (C=N–C) groups is 1. The quantitative estimate of drug-likeness (QED) is 0.425. The number of benzene rings is 2. The summed E-state index contributed by atoms with van der Waals surface area (Å²) in [4.78, 5) is 16.9. The third-order valence-corrected chi connectivity index (χ3v) is 5.11. The topological polar surface area (TPSA) is 84.0 Å². The van der Waals surface area contributed by atoms with Crippen LogP contribution in [0.1, 0.15) is 48.7 Å². The predicted octanol–water partition coefficient (Wildman–Crippen LogP) is 3.24. The first-order valence-electron chi connectivity index (χ1n) is 10.9. The van der Waals surface area contributed by atoms with Gasteiger partial charge >= 0.3 is 0 Å². The van der Waals surface area contributed by atoms with E-state index in [9.17, 15) is 4.79 Å². The number of ether oxygens (including phenoxy) is 2. The summed E-state index contributed by atoms with van der Waals surface area (Å²) in [7, 11) is 0. The molecule has 1 heterocycles. The average molecular weight is 425 g/mol. The molecule has 1 atom stereocenters. The van der Waals surface area contributed by atoms with Gasteiger partial charge in [-0.25, -0.2) is 4.99 Å². The maximum atomic E-state index is 12.2. The monoisotopic (exact) mass is 424 g/mol. The number of nitrogens with one attached hydrogen (secondary N) is 3. The van der Waals surface area contributed by atoms with Crippen LogP contribution in [0.25, 0.3) is 0 Å². The molecule has 1 aliphatic rings. The predicted molar refractivity (Wildman–Crippen MR) is 123 cm³/mol. The Hall–Kier alpha value is -3.22. The van der Waals surface area contributed by atoms with E-state index >= 15 is 0 Å². The van der Waals surface area contributed by atoms with Gasteiger partial charge in [-0.1, -0.05) is 25.1 Å². The van der Waals surface area contributed by atoms with Gasteiger partial charge in [0.1, 0.15) is 0 Å². The third-order valence-electron chi connectivity index (χ3n) is 5.11. The van der Waals surface area contributed by atoms with Crippen molar-refractivity contribution in [2.75, 3.05) is 19.9 Å². The molecule has 0 aromatic heterocycles. The number of guanidine groups is 1. The third kappa shape index (κ3) is 6.64. The molecule has 1 amide bonds. The van der Waals surface area contributed by atoms with Crippen molar-refractivity contribution in [2.24, 2.45) is 4.99 Å². The lowest BCUT2D eigenvalue weighted by molar-refractivity contribution is 0.0939. The molecule has 3 rings (SSSR count). The van der Waals surface area contributed by atoms with E-state index in [4.69, 9.17) is 9.47 Å². The molecular formula is C24H32N4O3. The molecule has 0 fully saturated rings. The zero-order chi connectivity index (χ0) is 22.1. The van der Waals surface area contributed by atoms with Gasteiger partial charge in [-0.15, -0.1) is 0 Å². The molecule has 0 bridgehead atoms. The van der Waals surface area contributed by atoms with Crippen LogP contribution in [0.3, 0.4) is 0 Å². The van der Waals surface area contributed by atoms with Crippen LogP contribution in [-0.4, -0.2) is 37.8 Å². The van der Waals surface area contributed by atoms with E-state index in [1.165, 1.54) is 5.56 Å². The fraction of sp³-hybridized carbons (Fsp3) is 0.417. The number of carbonyl (C=O) groups excluding carboxylic acids is 1. The van der Waals surface area contributed by atoms with E-state index in [2.05, 4.69) is 33.9 Å². The van der Waals surface area contributed by atoms with Crippen LogP contribution in [0.2, 0.25) is 0 Å². The highest BCUT2D eigenvalue weighted by molar-refractivity contribution is 5.94. The maximum absolute atomic E-state index is 12.2. The van der Waals surface area contributed by atoms with E-state index in [0.717, 1.165) is 49.0 Å². The first-order chi connectivity index (χ1) is 15.1. The molecule has 1 aliphatic heterocycles. The van der Waals surface area contributed by atoms with Crippen molar-refractivity contribution < 1.29 is 14.3 Å². The zero-order valence-corrected chi connectivity index (χ0v) is 18.5. The highest BCUT2D eigenvalue weighted by Crippen LogP contribution is 2.32. The highest BCUT2D eigenvalue weighted by Gasteiger charge is 2.13. The van der Waals surface area contributed by atoms with Crippen molar-refractivity contribution >= 4 is 11.9 Å². The second kappa shape index (κ2) is 11.2. The number of hydrogen-bond donors (Lipinski definition) is 3. The molecular weight excluding hydrogens is 392 g/mol. The molecule has 0 saturated heterocycles.